The lowest BCUT2D eigenvalue weighted by Gasteiger charge is -2.06. The van der Waals surface area contributed by atoms with E-state index in [9.17, 15) is 4.79 Å². The number of benzene rings is 1. The second kappa shape index (κ2) is 7.44. The fraction of sp³-hybridized carbons (Fsp3) is 0.462. The van der Waals surface area contributed by atoms with Crippen LogP contribution < -0.4 is 0 Å². The van der Waals surface area contributed by atoms with Gasteiger partial charge in [0.05, 0.1) is 6.61 Å². The molecule has 3 heteroatoms. The Morgan fingerprint density at radius 1 is 1.31 bits per heavy atom. The molecule has 0 aliphatic rings. The summed E-state index contributed by atoms with van der Waals surface area (Å²) in [4.78, 5) is 11.2. The van der Waals surface area contributed by atoms with E-state index in [1.165, 1.54) is 11.1 Å². The molecule has 0 saturated carbocycles. The topological polar surface area (TPSA) is 26.3 Å². The highest BCUT2D eigenvalue weighted by atomic mass is 79.9. The fourth-order valence-electron chi connectivity index (χ4n) is 1.59. The minimum atomic E-state index is -0.0983. The summed E-state index contributed by atoms with van der Waals surface area (Å²) in [7, 11) is 0. The van der Waals surface area contributed by atoms with Crippen LogP contribution in [0.3, 0.4) is 0 Å². The first kappa shape index (κ1) is 13.2. The molecule has 16 heavy (non-hydrogen) atoms. The predicted molar refractivity (Wildman–Crippen MR) is 68.6 cm³/mol. The average molecular weight is 285 g/mol. The minimum Gasteiger partial charge on any atom is -0.466 e. The number of hydrogen-bond donors (Lipinski definition) is 0. The smallest absolute Gasteiger partial charge is 0.305 e. The molecule has 0 heterocycles. The van der Waals surface area contributed by atoms with Crippen LogP contribution in [-0.4, -0.2) is 12.6 Å². The first-order chi connectivity index (χ1) is 7.77. The first-order valence-electron chi connectivity index (χ1n) is 5.56. The maximum absolute atomic E-state index is 11.2. The lowest BCUT2D eigenvalue weighted by atomic mass is 10.0. The van der Waals surface area contributed by atoms with E-state index in [4.69, 9.17) is 4.74 Å². The standard InChI is InChI=1S/C13H17BrO2/c1-2-16-13(15)9-5-8-11-6-3-4-7-12(11)10-14/h3-4,6-7H,2,5,8-10H2,1H3. The summed E-state index contributed by atoms with van der Waals surface area (Å²) in [6, 6.07) is 8.29. The summed E-state index contributed by atoms with van der Waals surface area (Å²) < 4.78 is 4.89. The fourth-order valence-corrected chi connectivity index (χ4v) is 2.14. The Bertz CT molecular complexity index is 336. The van der Waals surface area contributed by atoms with Gasteiger partial charge >= 0.3 is 5.97 Å². The third kappa shape index (κ3) is 4.35. The van der Waals surface area contributed by atoms with Gasteiger partial charge in [-0.1, -0.05) is 40.2 Å². The molecule has 0 spiro atoms. The number of esters is 1. The molecule has 0 N–H and O–H groups in total. The highest BCUT2D eigenvalue weighted by Gasteiger charge is 2.04. The first-order valence-corrected chi connectivity index (χ1v) is 6.68. The van der Waals surface area contributed by atoms with Crippen molar-refractivity contribution in [3.05, 3.63) is 35.4 Å². The van der Waals surface area contributed by atoms with Crippen molar-refractivity contribution in [2.75, 3.05) is 6.61 Å². The van der Waals surface area contributed by atoms with Crippen LogP contribution in [0.4, 0.5) is 0 Å². The van der Waals surface area contributed by atoms with Gasteiger partial charge in [-0.2, -0.15) is 0 Å². The van der Waals surface area contributed by atoms with Gasteiger partial charge in [0.2, 0.25) is 0 Å². The number of ether oxygens (including phenoxy) is 1. The van der Waals surface area contributed by atoms with Crippen LogP contribution in [-0.2, 0) is 21.3 Å². The number of hydrogen-bond acceptors (Lipinski definition) is 2. The number of carbonyl (C=O) groups excluding carboxylic acids is 1. The molecule has 1 aromatic rings. The number of rotatable bonds is 6. The Balaban J connectivity index is 2.39. The molecule has 0 atom stereocenters. The molecule has 0 aromatic heterocycles. The maximum Gasteiger partial charge on any atom is 0.305 e. The molecule has 0 fully saturated rings. The third-order valence-corrected chi connectivity index (χ3v) is 3.00. The number of alkyl halides is 1. The normalized spacial score (nSPS) is 10.1. The predicted octanol–water partition coefficient (Wildman–Crippen LogP) is 3.47. The SMILES string of the molecule is CCOC(=O)CCCc1ccccc1CBr. The van der Waals surface area contributed by atoms with Crippen molar-refractivity contribution in [1.29, 1.82) is 0 Å². The molecular weight excluding hydrogens is 268 g/mol. The number of carbonyl (C=O) groups is 1. The number of halogens is 1. The summed E-state index contributed by atoms with van der Waals surface area (Å²) in [6.45, 7) is 2.30. The van der Waals surface area contributed by atoms with Crippen molar-refractivity contribution in [3.63, 3.8) is 0 Å². The molecule has 0 aliphatic carbocycles. The quantitative estimate of drug-likeness (QED) is 0.591. The van der Waals surface area contributed by atoms with Gasteiger partial charge in [0.1, 0.15) is 0 Å². The monoisotopic (exact) mass is 284 g/mol. The Labute approximate surface area is 105 Å². The highest BCUT2D eigenvalue weighted by molar-refractivity contribution is 9.08. The van der Waals surface area contributed by atoms with E-state index in [0.29, 0.717) is 13.0 Å². The van der Waals surface area contributed by atoms with Crippen LogP contribution >= 0.6 is 15.9 Å². The van der Waals surface area contributed by atoms with Gasteiger partial charge in [0.25, 0.3) is 0 Å². The van der Waals surface area contributed by atoms with E-state index in [1.807, 2.05) is 19.1 Å². The van der Waals surface area contributed by atoms with Crippen LogP contribution in [0.5, 0.6) is 0 Å². The molecule has 0 radical (unpaired) electrons. The molecule has 0 saturated heterocycles. The van der Waals surface area contributed by atoms with Crippen LogP contribution in [0.2, 0.25) is 0 Å². The van der Waals surface area contributed by atoms with Crippen molar-refractivity contribution in [3.8, 4) is 0 Å². The second-order valence-electron chi connectivity index (χ2n) is 3.56. The second-order valence-corrected chi connectivity index (χ2v) is 4.12. The molecule has 2 nitrogen and oxygen atoms in total. The summed E-state index contributed by atoms with van der Waals surface area (Å²) >= 11 is 3.46. The minimum absolute atomic E-state index is 0.0983. The lowest BCUT2D eigenvalue weighted by Crippen LogP contribution is -2.04. The van der Waals surface area contributed by atoms with Gasteiger partial charge in [-0.25, -0.2) is 0 Å². The Kier molecular flexibility index (Phi) is 6.16. The van der Waals surface area contributed by atoms with E-state index in [2.05, 4.69) is 28.1 Å². The molecule has 88 valence electrons. The molecular formula is C13H17BrO2. The zero-order chi connectivity index (χ0) is 11.8. The zero-order valence-corrected chi connectivity index (χ0v) is 11.1. The van der Waals surface area contributed by atoms with E-state index in [-0.39, 0.29) is 5.97 Å². The van der Waals surface area contributed by atoms with Crippen molar-refractivity contribution in [1.82, 2.24) is 0 Å². The van der Waals surface area contributed by atoms with Crippen molar-refractivity contribution >= 4 is 21.9 Å². The molecule has 0 amide bonds. The molecule has 0 bridgehead atoms. The molecule has 1 rings (SSSR count). The van der Waals surface area contributed by atoms with Gasteiger partial charge in [-0.3, -0.25) is 4.79 Å². The molecule has 0 unspecified atom stereocenters. The van der Waals surface area contributed by atoms with Gasteiger partial charge in [0.15, 0.2) is 0 Å². The summed E-state index contributed by atoms with van der Waals surface area (Å²) in [5, 5.41) is 0.864. The average Bonchev–Trinajstić information content (AvgIpc) is 2.30. The van der Waals surface area contributed by atoms with Gasteiger partial charge in [0, 0.05) is 11.8 Å². The molecule has 0 aliphatic heterocycles. The van der Waals surface area contributed by atoms with Crippen LogP contribution in [0, 0.1) is 0 Å². The van der Waals surface area contributed by atoms with Crippen molar-refractivity contribution in [2.24, 2.45) is 0 Å². The number of aryl methyl sites for hydroxylation is 1. The zero-order valence-electron chi connectivity index (χ0n) is 9.54. The van der Waals surface area contributed by atoms with E-state index >= 15 is 0 Å². The Morgan fingerprint density at radius 3 is 2.62 bits per heavy atom. The summed E-state index contributed by atoms with van der Waals surface area (Å²) in [5.74, 6) is -0.0983. The largest absolute Gasteiger partial charge is 0.466 e. The summed E-state index contributed by atoms with van der Waals surface area (Å²) in [6.07, 6.45) is 2.29. The Morgan fingerprint density at radius 2 is 2.00 bits per heavy atom. The lowest BCUT2D eigenvalue weighted by molar-refractivity contribution is -0.143. The van der Waals surface area contributed by atoms with Gasteiger partial charge in [-0.15, -0.1) is 0 Å². The van der Waals surface area contributed by atoms with Crippen molar-refractivity contribution in [2.45, 2.75) is 31.5 Å². The Hall–Kier alpha value is -0.830. The van der Waals surface area contributed by atoms with E-state index < -0.39 is 0 Å². The highest BCUT2D eigenvalue weighted by Crippen LogP contribution is 2.15. The maximum atomic E-state index is 11.2. The van der Waals surface area contributed by atoms with Crippen LogP contribution in [0.25, 0.3) is 0 Å². The van der Waals surface area contributed by atoms with Crippen LogP contribution in [0.1, 0.15) is 30.9 Å². The van der Waals surface area contributed by atoms with E-state index in [1.54, 1.807) is 0 Å². The van der Waals surface area contributed by atoms with Crippen LogP contribution in [0.15, 0.2) is 24.3 Å². The summed E-state index contributed by atoms with van der Waals surface area (Å²) in [5.41, 5.74) is 2.61. The van der Waals surface area contributed by atoms with Gasteiger partial charge in [-0.05, 0) is 30.9 Å². The third-order valence-electron chi connectivity index (χ3n) is 2.39. The van der Waals surface area contributed by atoms with E-state index in [0.717, 1.165) is 18.2 Å². The molecule has 1 aromatic carbocycles. The van der Waals surface area contributed by atoms with Crippen molar-refractivity contribution < 1.29 is 9.53 Å². The van der Waals surface area contributed by atoms with Gasteiger partial charge < -0.3 is 4.74 Å².